The van der Waals surface area contributed by atoms with Crippen LogP contribution in [0, 0.1) is 5.92 Å². The van der Waals surface area contributed by atoms with Crippen molar-refractivity contribution >= 4 is 38.4 Å². The second kappa shape index (κ2) is 7.78. The highest BCUT2D eigenvalue weighted by Gasteiger charge is 2.33. The molecule has 1 atom stereocenters. The van der Waals surface area contributed by atoms with E-state index in [9.17, 15) is 8.42 Å². The molecule has 1 aliphatic heterocycles. The molecule has 1 heterocycles. The molecule has 0 saturated carbocycles. The molecule has 1 unspecified atom stereocenters. The van der Waals surface area contributed by atoms with Crippen LogP contribution in [0.25, 0.3) is 0 Å². The maximum Gasteiger partial charge on any atom is 0.244 e. The molecule has 0 bridgehead atoms. The number of methoxy groups -OCH3 is 1. The summed E-state index contributed by atoms with van der Waals surface area (Å²) in [7, 11) is -0.0636. The summed E-state index contributed by atoms with van der Waals surface area (Å²) in [5.74, 6) is 0.914. The molecular formula is C13H20BrClN2O3S. The van der Waals surface area contributed by atoms with E-state index in [1.807, 2.05) is 7.05 Å². The number of hydrogen-bond donors (Lipinski definition) is 1. The first-order valence-corrected chi connectivity index (χ1v) is 8.70. The van der Waals surface area contributed by atoms with Gasteiger partial charge in [0, 0.05) is 23.6 Å². The number of rotatable bonds is 5. The van der Waals surface area contributed by atoms with Crippen LogP contribution in [0.15, 0.2) is 27.6 Å². The number of hydrogen-bond acceptors (Lipinski definition) is 4. The largest absolute Gasteiger partial charge is 0.497 e. The Hall–Kier alpha value is -0.340. The van der Waals surface area contributed by atoms with Crippen LogP contribution in [-0.4, -0.2) is 46.5 Å². The lowest BCUT2D eigenvalue weighted by Gasteiger charge is -2.18. The van der Waals surface area contributed by atoms with E-state index in [0.29, 0.717) is 29.2 Å². The smallest absolute Gasteiger partial charge is 0.244 e. The molecule has 1 aromatic rings. The fraction of sp³-hybridized carbons (Fsp3) is 0.538. The number of sulfonamides is 1. The van der Waals surface area contributed by atoms with E-state index < -0.39 is 10.0 Å². The van der Waals surface area contributed by atoms with E-state index in [1.165, 1.54) is 7.11 Å². The van der Waals surface area contributed by atoms with Crippen molar-refractivity contribution in [2.45, 2.75) is 11.3 Å². The minimum absolute atomic E-state index is 0. The van der Waals surface area contributed by atoms with Crippen molar-refractivity contribution in [3.05, 3.63) is 22.7 Å². The molecule has 1 saturated heterocycles. The molecule has 1 N–H and O–H groups in total. The summed E-state index contributed by atoms with van der Waals surface area (Å²) in [6, 6.07) is 4.99. The molecule has 21 heavy (non-hydrogen) atoms. The lowest BCUT2D eigenvalue weighted by atomic mass is 10.1. The standard InChI is InChI=1S/C13H19BrN2O3S.ClH/c1-15-8-10-5-6-16(9-10)20(17,18)13-7-11(19-2)3-4-12(13)14;/h3-4,7,10,15H,5-6,8-9H2,1-2H3;1H. The van der Waals surface area contributed by atoms with Crippen LogP contribution in [0.4, 0.5) is 0 Å². The Morgan fingerprint density at radius 2 is 2.19 bits per heavy atom. The maximum atomic E-state index is 12.7. The third-order valence-corrected chi connectivity index (χ3v) is 6.36. The molecule has 2 rings (SSSR count). The van der Waals surface area contributed by atoms with E-state index in [2.05, 4.69) is 21.2 Å². The topological polar surface area (TPSA) is 58.6 Å². The maximum absolute atomic E-state index is 12.7. The van der Waals surface area contributed by atoms with Crippen LogP contribution in [0.3, 0.4) is 0 Å². The van der Waals surface area contributed by atoms with E-state index in [0.717, 1.165) is 13.0 Å². The Kier molecular flexibility index (Phi) is 6.93. The number of nitrogens with zero attached hydrogens (tertiary/aromatic N) is 1. The van der Waals surface area contributed by atoms with Gasteiger partial charge in [0.1, 0.15) is 10.6 Å². The first-order valence-electron chi connectivity index (χ1n) is 6.47. The minimum Gasteiger partial charge on any atom is -0.497 e. The summed E-state index contributed by atoms with van der Waals surface area (Å²) in [4.78, 5) is 0.266. The van der Waals surface area contributed by atoms with Gasteiger partial charge in [0.25, 0.3) is 0 Å². The van der Waals surface area contributed by atoms with E-state index in [-0.39, 0.29) is 17.3 Å². The van der Waals surface area contributed by atoms with Gasteiger partial charge in [-0.3, -0.25) is 0 Å². The van der Waals surface area contributed by atoms with E-state index in [4.69, 9.17) is 4.74 Å². The third-order valence-electron chi connectivity index (χ3n) is 3.50. The van der Waals surface area contributed by atoms with Crippen LogP contribution in [0.5, 0.6) is 5.75 Å². The first kappa shape index (κ1) is 18.7. The molecule has 1 aliphatic rings. The Labute approximate surface area is 140 Å². The normalized spacial score (nSPS) is 19.3. The Morgan fingerprint density at radius 3 is 2.81 bits per heavy atom. The molecule has 1 aromatic carbocycles. The SMILES string of the molecule is CNCC1CCN(S(=O)(=O)c2cc(OC)ccc2Br)C1.Cl. The summed E-state index contributed by atoms with van der Waals surface area (Å²) in [5.41, 5.74) is 0. The fourth-order valence-electron chi connectivity index (χ4n) is 2.42. The Bertz CT molecular complexity index is 583. The van der Waals surface area contributed by atoms with Gasteiger partial charge in [-0.25, -0.2) is 8.42 Å². The van der Waals surface area contributed by atoms with Crippen molar-refractivity contribution < 1.29 is 13.2 Å². The van der Waals surface area contributed by atoms with Gasteiger partial charge in [-0.1, -0.05) is 0 Å². The van der Waals surface area contributed by atoms with E-state index >= 15 is 0 Å². The predicted molar refractivity (Wildman–Crippen MR) is 88.7 cm³/mol. The minimum atomic E-state index is -3.47. The van der Waals surface area contributed by atoms with Gasteiger partial charge < -0.3 is 10.1 Å². The quantitative estimate of drug-likeness (QED) is 0.824. The summed E-state index contributed by atoms with van der Waals surface area (Å²) < 4.78 is 32.6. The zero-order chi connectivity index (χ0) is 14.8. The van der Waals surface area contributed by atoms with Crippen LogP contribution in [-0.2, 0) is 10.0 Å². The zero-order valence-corrected chi connectivity index (χ0v) is 15.2. The van der Waals surface area contributed by atoms with Crippen molar-refractivity contribution in [1.82, 2.24) is 9.62 Å². The molecular weight excluding hydrogens is 380 g/mol. The summed E-state index contributed by atoms with van der Waals surface area (Å²) in [5, 5.41) is 3.10. The third kappa shape index (κ3) is 4.10. The van der Waals surface area contributed by atoms with Gasteiger partial charge in [-0.2, -0.15) is 4.31 Å². The number of halogens is 2. The molecule has 0 aromatic heterocycles. The Morgan fingerprint density at radius 1 is 1.48 bits per heavy atom. The lowest BCUT2D eigenvalue weighted by Crippen LogP contribution is -2.30. The van der Waals surface area contributed by atoms with Gasteiger partial charge in [0.05, 0.1) is 7.11 Å². The van der Waals surface area contributed by atoms with Crippen molar-refractivity contribution in [3.63, 3.8) is 0 Å². The van der Waals surface area contributed by atoms with Gasteiger partial charge >= 0.3 is 0 Å². The molecule has 0 aliphatic carbocycles. The molecule has 1 fully saturated rings. The fourth-order valence-corrected chi connectivity index (χ4v) is 4.89. The molecule has 0 amide bonds. The van der Waals surface area contributed by atoms with Gasteiger partial charge in [-0.05, 0) is 54.0 Å². The van der Waals surface area contributed by atoms with Crippen LogP contribution in [0.1, 0.15) is 6.42 Å². The van der Waals surface area contributed by atoms with Gasteiger partial charge in [0.2, 0.25) is 10.0 Å². The highest BCUT2D eigenvalue weighted by Crippen LogP contribution is 2.31. The highest BCUT2D eigenvalue weighted by molar-refractivity contribution is 9.10. The average Bonchev–Trinajstić information content (AvgIpc) is 2.89. The van der Waals surface area contributed by atoms with Crippen LogP contribution >= 0.6 is 28.3 Å². The number of benzene rings is 1. The number of nitrogens with one attached hydrogen (secondary N) is 1. The molecule has 5 nitrogen and oxygen atoms in total. The number of ether oxygens (including phenoxy) is 1. The average molecular weight is 400 g/mol. The van der Waals surface area contributed by atoms with Crippen molar-refractivity contribution in [2.75, 3.05) is 33.8 Å². The lowest BCUT2D eigenvalue weighted by molar-refractivity contribution is 0.412. The monoisotopic (exact) mass is 398 g/mol. The summed E-state index contributed by atoms with van der Waals surface area (Å²) in [6.45, 7) is 1.97. The summed E-state index contributed by atoms with van der Waals surface area (Å²) in [6.07, 6.45) is 0.891. The highest BCUT2D eigenvalue weighted by atomic mass is 79.9. The molecule has 120 valence electrons. The zero-order valence-electron chi connectivity index (χ0n) is 12.0. The predicted octanol–water partition coefficient (Wildman–Crippen LogP) is 2.11. The first-order chi connectivity index (χ1) is 9.48. The molecule has 0 radical (unpaired) electrons. The van der Waals surface area contributed by atoms with Crippen LogP contribution < -0.4 is 10.1 Å². The van der Waals surface area contributed by atoms with Crippen LogP contribution in [0.2, 0.25) is 0 Å². The second-order valence-corrected chi connectivity index (χ2v) is 7.63. The van der Waals surface area contributed by atoms with E-state index in [1.54, 1.807) is 22.5 Å². The van der Waals surface area contributed by atoms with Crippen molar-refractivity contribution in [1.29, 1.82) is 0 Å². The Balaban J connectivity index is 0.00000220. The van der Waals surface area contributed by atoms with Crippen molar-refractivity contribution in [2.24, 2.45) is 5.92 Å². The summed E-state index contributed by atoms with van der Waals surface area (Å²) >= 11 is 3.31. The second-order valence-electron chi connectivity index (χ2n) is 4.87. The van der Waals surface area contributed by atoms with Crippen molar-refractivity contribution in [3.8, 4) is 5.75 Å². The molecule has 8 heteroatoms. The van der Waals surface area contributed by atoms with Gasteiger partial charge in [0.15, 0.2) is 0 Å². The van der Waals surface area contributed by atoms with Gasteiger partial charge in [-0.15, -0.1) is 12.4 Å². The molecule has 0 spiro atoms.